The van der Waals surface area contributed by atoms with E-state index in [1.807, 2.05) is 0 Å². The van der Waals surface area contributed by atoms with Crippen molar-refractivity contribution in [1.82, 2.24) is 14.7 Å². The number of β-lactam (4-membered cyclic amide) rings is 1. The molecule has 1 aliphatic carbocycles. The van der Waals surface area contributed by atoms with Crippen LogP contribution in [0.5, 0.6) is 0 Å². The summed E-state index contributed by atoms with van der Waals surface area (Å²) in [7, 11) is 0. The Labute approximate surface area is 199 Å². The van der Waals surface area contributed by atoms with Gasteiger partial charge in [0.05, 0.1) is 16.7 Å². The first kappa shape index (κ1) is 22.6. The van der Waals surface area contributed by atoms with Crippen molar-refractivity contribution in [2.45, 2.75) is 67.8 Å². The Morgan fingerprint density at radius 3 is 2.18 bits per heavy atom. The summed E-state index contributed by atoms with van der Waals surface area (Å²) in [6.07, 6.45) is 3.21. The van der Waals surface area contributed by atoms with E-state index in [1.165, 1.54) is 16.7 Å². The molecule has 0 radical (unpaired) electrons. The molecule has 33 heavy (non-hydrogen) atoms. The zero-order valence-corrected chi connectivity index (χ0v) is 19.6. The number of amides is 5. The zero-order chi connectivity index (χ0) is 23.7. The summed E-state index contributed by atoms with van der Waals surface area (Å²) >= 11 is 7.92. The number of likely N-dealkylation sites (tertiary alicyclic amines) is 2. The Hall–Kier alpha value is -2.14. The van der Waals surface area contributed by atoms with Crippen molar-refractivity contribution in [2.24, 2.45) is 11.8 Å². The molecule has 178 valence electrons. The average Bonchev–Trinajstić information content (AvgIpc) is 3.23. The van der Waals surface area contributed by atoms with Crippen molar-refractivity contribution in [3.05, 3.63) is 0 Å². The van der Waals surface area contributed by atoms with Gasteiger partial charge in [-0.05, 0) is 19.8 Å². The number of carbonyl (C=O) groups is 6. The van der Waals surface area contributed by atoms with Gasteiger partial charge in [-0.15, -0.1) is 23.4 Å². The fourth-order valence-corrected chi connectivity index (χ4v) is 7.41. The van der Waals surface area contributed by atoms with E-state index >= 15 is 0 Å². The van der Waals surface area contributed by atoms with Crippen molar-refractivity contribution < 1.29 is 33.5 Å². The van der Waals surface area contributed by atoms with Crippen LogP contribution in [0.25, 0.3) is 0 Å². The van der Waals surface area contributed by atoms with Crippen LogP contribution in [0.1, 0.15) is 45.4 Å². The van der Waals surface area contributed by atoms with Gasteiger partial charge in [-0.3, -0.25) is 28.9 Å². The number of fused-ring (bicyclic) bond motifs is 2. The number of hydrogen-bond donors (Lipinski definition) is 0. The number of esters is 1. The fourth-order valence-electron chi connectivity index (χ4n) is 5.57. The summed E-state index contributed by atoms with van der Waals surface area (Å²) < 4.78 is 5.23. The van der Waals surface area contributed by atoms with Crippen LogP contribution in [-0.4, -0.2) is 85.0 Å². The van der Waals surface area contributed by atoms with Gasteiger partial charge in [0.2, 0.25) is 23.6 Å². The quantitative estimate of drug-likeness (QED) is 0.238. The molecule has 6 atom stereocenters. The predicted molar refractivity (Wildman–Crippen MR) is 114 cm³/mol. The van der Waals surface area contributed by atoms with Gasteiger partial charge in [0.15, 0.2) is 12.8 Å². The molecule has 5 aliphatic rings. The maximum absolute atomic E-state index is 13.2. The molecule has 5 rings (SSSR count). The lowest BCUT2D eigenvalue weighted by Gasteiger charge is -2.57. The van der Waals surface area contributed by atoms with Crippen LogP contribution in [0.15, 0.2) is 0 Å². The van der Waals surface area contributed by atoms with E-state index in [-0.39, 0.29) is 42.2 Å². The number of carbonyl (C=O) groups excluding carboxylic acids is 6. The predicted octanol–water partition coefficient (Wildman–Crippen LogP) is 0.461. The van der Waals surface area contributed by atoms with Crippen molar-refractivity contribution in [2.75, 3.05) is 12.5 Å². The first-order valence-electron chi connectivity index (χ1n) is 11.1. The second-order valence-electron chi connectivity index (χ2n) is 9.42. The molecule has 0 bridgehead atoms. The van der Waals surface area contributed by atoms with Crippen LogP contribution in [0, 0.1) is 11.8 Å². The van der Waals surface area contributed by atoms with Gasteiger partial charge in [-0.25, -0.2) is 9.69 Å². The summed E-state index contributed by atoms with van der Waals surface area (Å²) in [5.41, 5.74) is 0. The number of alkyl halides is 1. The van der Waals surface area contributed by atoms with Crippen LogP contribution >= 0.6 is 23.4 Å². The van der Waals surface area contributed by atoms with E-state index in [9.17, 15) is 28.8 Å². The van der Waals surface area contributed by atoms with E-state index in [0.717, 1.165) is 22.6 Å². The minimum Gasteiger partial charge on any atom is -0.442 e. The molecule has 4 heterocycles. The summed E-state index contributed by atoms with van der Waals surface area (Å²) in [6, 6.07) is -2.12. The molecule has 5 fully saturated rings. The Balaban J connectivity index is 1.33. The van der Waals surface area contributed by atoms with E-state index in [4.69, 9.17) is 16.3 Å². The van der Waals surface area contributed by atoms with Crippen LogP contribution in [0.4, 0.5) is 0 Å². The molecule has 4 unspecified atom stereocenters. The van der Waals surface area contributed by atoms with Crippen molar-refractivity contribution in [1.29, 1.82) is 0 Å². The number of halogens is 1. The second-order valence-corrected chi connectivity index (χ2v) is 11.4. The molecule has 0 aromatic rings. The fraction of sp³-hybridized carbons (Fsp3) is 0.714. The monoisotopic (exact) mass is 497 g/mol. The Kier molecular flexibility index (Phi) is 5.47. The lowest BCUT2D eigenvalue weighted by molar-refractivity contribution is -0.177. The third kappa shape index (κ3) is 3.38. The number of ether oxygens (including phenoxy) is 1. The van der Waals surface area contributed by atoms with Gasteiger partial charge in [0.25, 0.3) is 5.91 Å². The van der Waals surface area contributed by atoms with Gasteiger partial charge in [0.1, 0.15) is 11.4 Å². The van der Waals surface area contributed by atoms with Crippen molar-refractivity contribution >= 4 is 58.9 Å². The highest BCUT2D eigenvalue weighted by atomic mass is 35.5. The zero-order valence-electron chi connectivity index (χ0n) is 18.0. The van der Waals surface area contributed by atoms with Crippen molar-refractivity contribution in [3.8, 4) is 0 Å². The molecule has 1 saturated carbocycles. The summed E-state index contributed by atoms with van der Waals surface area (Å²) in [6.45, 7) is 1.08. The Morgan fingerprint density at radius 2 is 1.61 bits per heavy atom. The van der Waals surface area contributed by atoms with E-state index < -0.39 is 52.8 Å². The SMILES string of the molecule is C[C@@]1(Cl)CS[C@@H]2C(N3C(=O)C4CCCCC4C3=O)C(=O)N2C1C(=O)OCN1C(=O)CCC1=O. The molecule has 12 heteroatoms. The minimum absolute atomic E-state index is 0.0674. The molecule has 10 nitrogen and oxygen atoms in total. The topological polar surface area (TPSA) is 121 Å². The Bertz CT molecular complexity index is 932. The maximum Gasteiger partial charge on any atom is 0.332 e. The third-order valence-electron chi connectivity index (χ3n) is 7.30. The lowest BCUT2D eigenvalue weighted by atomic mass is 9.81. The molecule has 0 aromatic carbocycles. The summed E-state index contributed by atoms with van der Waals surface area (Å²) in [4.78, 5) is 77.9. The van der Waals surface area contributed by atoms with Gasteiger partial charge in [-0.1, -0.05) is 12.8 Å². The number of nitrogens with zero attached hydrogens (tertiary/aromatic N) is 3. The normalized spacial score (nSPS) is 38.4. The lowest BCUT2D eigenvalue weighted by Crippen LogP contribution is -2.78. The van der Waals surface area contributed by atoms with Crippen LogP contribution in [-0.2, 0) is 33.5 Å². The Morgan fingerprint density at radius 1 is 1.03 bits per heavy atom. The largest absolute Gasteiger partial charge is 0.442 e. The number of imide groups is 2. The highest BCUT2D eigenvalue weighted by molar-refractivity contribution is 8.00. The first-order valence-corrected chi connectivity index (χ1v) is 12.6. The number of thioether (sulfide) groups is 1. The van der Waals surface area contributed by atoms with Crippen LogP contribution < -0.4 is 0 Å². The average molecular weight is 498 g/mol. The molecule has 4 saturated heterocycles. The third-order valence-corrected chi connectivity index (χ3v) is 9.40. The molecule has 4 aliphatic heterocycles. The van der Waals surface area contributed by atoms with Gasteiger partial charge < -0.3 is 9.64 Å². The molecule has 5 amide bonds. The van der Waals surface area contributed by atoms with E-state index in [1.54, 1.807) is 6.92 Å². The van der Waals surface area contributed by atoms with Crippen molar-refractivity contribution in [3.63, 3.8) is 0 Å². The van der Waals surface area contributed by atoms with Crippen LogP contribution in [0.3, 0.4) is 0 Å². The number of rotatable bonds is 4. The second kappa shape index (κ2) is 7.97. The molecule has 0 aromatic heterocycles. The highest BCUT2D eigenvalue weighted by Crippen LogP contribution is 2.49. The minimum atomic E-state index is -1.17. The maximum atomic E-state index is 13.2. The van der Waals surface area contributed by atoms with Gasteiger partial charge in [-0.2, -0.15) is 0 Å². The summed E-state index contributed by atoms with van der Waals surface area (Å²) in [5, 5.41) is -0.593. The van der Waals surface area contributed by atoms with Gasteiger partial charge in [0, 0.05) is 18.6 Å². The molecule has 0 spiro atoms. The molecule has 0 N–H and O–H groups in total. The van der Waals surface area contributed by atoms with E-state index in [2.05, 4.69) is 0 Å². The smallest absolute Gasteiger partial charge is 0.332 e. The summed E-state index contributed by atoms with van der Waals surface area (Å²) in [5.74, 6) is -3.24. The highest BCUT2D eigenvalue weighted by Gasteiger charge is 2.66. The molecular weight excluding hydrogens is 474 g/mol. The van der Waals surface area contributed by atoms with Crippen LogP contribution in [0.2, 0.25) is 0 Å². The van der Waals surface area contributed by atoms with E-state index in [0.29, 0.717) is 12.8 Å². The number of hydrogen-bond acceptors (Lipinski definition) is 8. The first-order chi connectivity index (χ1) is 15.6. The molecular formula is C21H24ClN3O7S. The standard InChI is InChI=1S/C21H24ClN3O7S/c1-21(22)8-33-19-14(24-16(28)10-4-2-3-5-11(10)17(24)29)18(30)25(19)15(21)20(31)32-9-23-12(26)6-7-13(23)27/h10-11,14-15,19H,2-9H2,1H3/t10?,11?,14?,15?,19-,21-/m1/s1. The van der Waals surface area contributed by atoms with Gasteiger partial charge >= 0.3 is 5.97 Å².